The number of carbonyl (C=O) groups excluding carboxylic acids is 1. The van der Waals surface area contributed by atoms with Gasteiger partial charge in [-0.1, -0.05) is 30.3 Å². The van der Waals surface area contributed by atoms with Gasteiger partial charge in [0.05, 0.1) is 12.3 Å². The molecule has 1 aliphatic rings. The average molecular weight is 485 g/mol. The molecule has 1 aliphatic heterocycles. The molecule has 0 aliphatic carbocycles. The lowest BCUT2D eigenvalue weighted by molar-refractivity contribution is -0.144. The van der Waals surface area contributed by atoms with Crippen LogP contribution in [0.1, 0.15) is 25.1 Å². The van der Waals surface area contributed by atoms with Crippen LogP contribution in [0, 0.1) is 5.82 Å². The monoisotopic (exact) mass is 484 g/mol. The summed E-state index contributed by atoms with van der Waals surface area (Å²) in [6, 6.07) is 15.7. The predicted molar refractivity (Wildman–Crippen MR) is 126 cm³/mol. The third kappa shape index (κ3) is 6.48. The van der Waals surface area contributed by atoms with Gasteiger partial charge in [-0.25, -0.2) is 9.37 Å². The fourth-order valence-electron chi connectivity index (χ4n) is 3.09. The molecule has 178 valence electrons. The molecule has 7 nitrogen and oxygen atoms in total. The van der Waals surface area contributed by atoms with Crippen LogP contribution in [0.25, 0.3) is 0 Å². The van der Waals surface area contributed by atoms with Gasteiger partial charge in [-0.2, -0.15) is 0 Å². The minimum Gasteiger partial charge on any atom is -0.493 e. The number of nitrogens with zero attached hydrogens (tertiary/aromatic N) is 1. The van der Waals surface area contributed by atoms with Gasteiger partial charge < -0.3 is 18.9 Å². The second kappa shape index (κ2) is 10.6. The van der Waals surface area contributed by atoms with Gasteiger partial charge in [0.15, 0.2) is 17.0 Å². The predicted octanol–water partition coefficient (Wildman–Crippen LogP) is 5.05. The van der Waals surface area contributed by atoms with Crippen LogP contribution in [0.3, 0.4) is 0 Å². The molecule has 0 bridgehead atoms. The third-order valence-electron chi connectivity index (χ3n) is 4.92. The van der Waals surface area contributed by atoms with Gasteiger partial charge in [0.25, 0.3) is 5.91 Å². The smallest absolute Gasteiger partial charge is 0.319 e. The summed E-state index contributed by atoms with van der Waals surface area (Å²) in [7, 11) is 0. The molecule has 1 amide bonds. The van der Waals surface area contributed by atoms with Crippen molar-refractivity contribution in [2.24, 2.45) is 0 Å². The number of halogens is 1. The molecule has 1 N–H and O–H groups in total. The molecule has 1 atom stereocenters. The summed E-state index contributed by atoms with van der Waals surface area (Å²) in [6.07, 6.45) is 1.98. The summed E-state index contributed by atoms with van der Waals surface area (Å²) in [5.74, 6) is 0.0581. The molecule has 34 heavy (non-hydrogen) atoms. The molecule has 2 aromatic carbocycles. The summed E-state index contributed by atoms with van der Waals surface area (Å²) in [5.41, 5.74) is 0.635. The number of nitrogens with one attached hydrogen (secondary N) is 1. The highest BCUT2D eigenvalue weighted by atomic mass is 32.1. The number of benzene rings is 2. The van der Waals surface area contributed by atoms with Gasteiger partial charge in [-0.3, -0.25) is 10.1 Å². The molecule has 0 fully saturated rings. The summed E-state index contributed by atoms with van der Waals surface area (Å²) in [5, 5.41) is 5.09. The van der Waals surface area contributed by atoms with E-state index in [1.807, 2.05) is 35.7 Å². The maximum Gasteiger partial charge on any atom is 0.319 e. The van der Waals surface area contributed by atoms with Crippen LogP contribution in [0.5, 0.6) is 5.75 Å². The van der Waals surface area contributed by atoms with Crippen molar-refractivity contribution in [2.75, 3.05) is 11.9 Å². The fourth-order valence-corrected chi connectivity index (χ4v) is 3.83. The zero-order valence-corrected chi connectivity index (χ0v) is 19.6. The maximum absolute atomic E-state index is 13.0. The highest BCUT2D eigenvalue weighted by Gasteiger charge is 2.34. The first-order valence-electron chi connectivity index (χ1n) is 10.8. The van der Waals surface area contributed by atoms with Gasteiger partial charge in [0.1, 0.15) is 11.6 Å². The van der Waals surface area contributed by atoms with Crippen molar-refractivity contribution in [3.05, 3.63) is 89.3 Å². The number of ether oxygens (including phenoxy) is 4. The lowest BCUT2D eigenvalue weighted by Gasteiger charge is -2.24. The van der Waals surface area contributed by atoms with Gasteiger partial charge >= 0.3 is 5.95 Å². The van der Waals surface area contributed by atoms with Crippen LogP contribution in [-0.2, 0) is 31.8 Å². The van der Waals surface area contributed by atoms with E-state index in [0.29, 0.717) is 30.3 Å². The molecule has 4 rings (SSSR count). The molecular formula is C25H25FN2O5S. The lowest BCUT2D eigenvalue weighted by Crippen LogP contribution is -2.39. The number of hydrogen-bond acceptors (Lipinski definition) is 7. The second-order valence-corrected chi connectivity index (χ2v) is 8.93. The Morgan fingerprint density at radius 1 is 1.18 bits per heavy atom. The Morgan fingerprint density at radius 2 is 1.94 bits per heavy atom. The van der Waals surface area contributed by atoms with Crippen LogP contribution in [0.2, 0.25) is 0 Å². The molecule has 9 heteroatoms. The van der Waals surface area contributed by atoms with Gasteiger partial charge in [0, 0.05) is 18.2 Å². The number of rotatable bonds is 10. The fraction of sp³-hybridized carbons (Fsp3) is 0.280. The summed E-state index contributed by atoms with van der Waals surface area (Å²) in [4.78, 5) is 17.2. The zero-order valence-electron chi connectivity index (χ0n) is 18.8. The normalized spacial score (nSPS) is 15.1. The minimum absolute atomic E-state index is 0.152. The van der Waals surface area contributed by atoms with Crippen molar-refractivity contribution in [2.45, 2.75) is 38.6 Å². The molecule has 3 aromatic rings. The summed E-state index contributed by atoms with van der Waals surface area (Å²) < 4.78 is 35.5. The van der Waals surface area contributed by atoms with Crippen LogP contribution in [0.15, 0.2) is 72.2 Å². The lowest BCUT2D eigenvalue weighted by atomic mass is 10.1. The Hall–Kier alpha value is -3.59. The van der Waals surface area contributed by atoms with Crippen molar-refractivity contribution in [1.82, 2.24) is 4.98 Å². The summed E-state index contributed by atoms with van der Waals surface area (Å²) >= 11 is 1.31. The highest BCUT2D eigenvalue weighted by molar-refractivity contribution is 7.13. The van der Waals surface area contributed by atoms with E-state index in [1.54, 1.807) is 26.0 Å². The number of aromatic nitrogens is 1. The molecule has 0 saturated heterocycles. The number of hydrogen-bond donors (Lipinski definition) is 1. The van der Waals surface area contributed by atoms with Crippen LogP contribution >= 0.6 is 11.3 Å². The van der Waals surface area contributed by atoms with E-state index in [4.69, 9.17) is 18.9 Å². The first-order valence-corrected chi connectivity index (χ1v) is 11.6. The van der Waals surface area contributed by atoms with Crippen molar-refractivity contribution in [3.8, 4) is 5.75 Å². The van der Waals surface area contributed by atoms with Gasteiger partial charge in [-0.15, -0.1) is 11.3 Å². The Bertz CT molecular complexity index is 1130. The van der Waals surface area contributed by atoms with E-state index in [2.05, 4.69) is 10.3 Å². The van der Waals surface area contributed by atoms with Crippen LogP contribution in [-0.4, -0.2) is 29.4 Å². The molecule has 2 heterocycles. The molecule has 1 unspecified atom stereocenters. The zero-order chi connectivity index (χ0) is 24.0. The standard InChI is InChI=1S/C25H25FN2O5S/c1-25(2,33-22-15-31-21(32-22)14-17-6-4-3-5-7-17)23(29)28-24-27-19(16-34-24)12-13-30-20-10-8-18(26)9-11-20/h3-11,15-16,21H,12-14H2,1-2H3,(H,27,28,29). The first-order chi connectivity index (χ1) is 16.4. The van der Waals surface area contributed by atoms with E-state index in [0.717, 1.165) is 11.3 Å². The van der Waals surface area contributed by atoms with E-state index in [9.17, 15) is 9.18 Å². The summed E-state index contributed by atoms with van der Waals surface area (Å²) in [6.45, 7) is 3.66. The molecular weight excluding hydrogens is 459 g/mol. The van der Waals surface area contributed by atoms with E-state index >= 15 is 0 Å². The number of carbonyl (C=O) groups is 1. The highest BCUT2D eigenvalue weighted by Crippen LogP contribution is 2.26. The molecule has 0 radical (unpaired) electrons. The Morgan fingerprint density at radius 3 is 2.71 bits per heavy atom. The average Bonchev–Trinajstić information content (AvgIpc) is 3.44. The van der Waals surface area contributed by atoms with Crippen LogP contribution in [0.4, 0.5) is 9.52 Å². The minimum atomic E-state index is -1.21. The van der Waals surface area contributed by atoms with Crippen LogP contribution < -0.4 is 10.1 Å². The number of anilines is 1. The number of thiazole rings is 1. The van der Waals surface area contributed by atoms with Gasteiger partial charge in [0.2, 0.25) is 6.29 Å². The first kappa shape index (κ1) is 23.6. The van der Waals surface area contributed by atoms with Crippen molar-refractivity contribution < 1.29 is 28.1 Å². The number of amides is 1. The maximum atomic E-state index is 13.0. The Balaban J connectivity index is 1.23. The Kier molecular flexibility index (Phi) is 7.32. The SMILES string of the molecule is CC(C)(OC1=COC(Cc2ccccc2)O1)C(=O)Nc1nc(CCOc2ccc(F)cc2)cs1. The van der Waals surface area contributed by atoms with Crippen molar-refractivity contribution in [1.29, 1.82) is 0 Å². The van der Waals surface area contributed by atoms with E-state index < -0.39 is 11.9 Å². The van der Waals surface area contributed by atoms with E-state index in [-0.39, 0.29) is 17.7 Å². The second-order valence-electron chi connectivity index (χ2n) is 8.07. The van der Waals surface area contributed by atoms with Crippen molar-refractivity contribution >= 4 is 22.4 Å². The van der Waals surface area contributed by atoms with Crippen molar-refractivity contribution in [3.63, 3.8) is 0 Å². The Labute approximate surface area is 201 Å². The molecule has 0 spiro atoms. The quantitative estimate of drug-likeness (QED) is 0.434. The van der Waals surface area contributed by atoms with E-state index in [1.165, 1.54) is 29.7 Å². The third-order valence-corrected chi connectivity index (χ3v) is 5.73. The largest absolute Gasteiger partial charge is 0.493 e. The molecule has 1 aromatic heterocycles. The topological polar surface area (TPSA) is 78.9 Å². The van der Waals surface area contributed by atoms with Gasteiger partial charge in [-0.05, 0) is 43.7 Å². The molecule has 0 saturated carbocycles.